The number of amides is 2. The van der Waals surface area contributed by atoms with Crippen LogP contribution in [0.15, 0.2) is 35.4 Å². The van der Waals surface area contributed by atoms with E-state index in [1.165, 1.54) is 10.9 Å². The topological polar surface area (TPSA) is 84.7 Å². The standard InChI is InChI=1S/C17H20N4O4/c1-2-25-17(24)20-9-7-19(8-10-20)15(22)11-21-12-18-14-6-4-3-5-13(14)16(21)23/h3-6,12H,2,7-11H2,1H3. The summed E-state index contributed by atoms with van der Waals surface area (Å²) in [6.45, 7) is 3.73. The quantitative estimate of drug-likeness (QED) is 0.818. The second-order valence-electron chi connectivity index (χ2n) is 5.76. The molecule has 0 saturated carbocycles. The van der Waals surface area contributed by atoms with Crippen LogP contribution in [0.3, 0.4) is 0 Å². The van der Waals surface area contributed by atoms with Gasteiger partial charge < -0.3 is 14.5 Å². The lowest BCUT2D eigenvalue weighted by Gasteiger charge is -2.34. The molecule has 1 aliphatic rings. The number of benzene rings is 1. The van der Waals surface area contributed by atoms with Crippen molar-refractivity contribution in [1.82, 2.24) is 19.4 Å². The maximum Gasteiger partial charge on any atom is 0.409 e. The number of hydrogen-bond donors (Lipinski definition) is 0. The number of hydrogen-bond acceptors (Lipinski definition) is 5. The fourth-order valence-electron chi connectivity index (χ4n) is 2.82. The highest BCUT2D eigenvalue weighted by Crippen LogP contribution is 2.07. The molecule has 1 saturated heterocycles. The van der Waals surface area contributed by atoms with E-state index in [1.807, 2.05) is 6.07 Å². The minimum absolute atomic E-state index is 0.0595. The van der Waals surface area contributed by atoms with Crippen LogP contribution in [0, 0.1) is 0 Å². The van der Waals surface area contributed by atoms with E-state index < -0.39 is 0 Å². The second kappa shape index (κ2) is 7.33. The number of aromatic nitrogens is 2. The lowest BCUT2D eigenvalue weighted by molar-refractivity contribution is -0.133. The van der Waals surface area contributed by atoms with Crippen LogP contribution in [-0.2, 0) is 16.1 Å². The van der Waals surface area contributed by atoms with Crippen molar-refractivity contribution in [3.63, 3.8) is 0 Å². The first-order valence-electron chi connectivity index (χ1n) is 8.24. The third kappa shape index (κ3) is 3.62. The van der Waals surface area contributed by atoms with Gasteiger partial charge in [-0.2, -0.15) is 0 Å². The first-order chi connectivity index (χ1) is 12.1. The molecular weight excluding hydrogens is 324 g/mol. The van der Waals surface area contributed by atoms with E-state index in [0.717, 1.165) is 0 Å². The lowest BCUT2D eigenvalue weighted by Crippen LogP contribution is -2.51. The average molecular weight is 344 g/mol. The van der Waals surface area contributed by atoms with Crippen LogP contribution in [0.2, 0.25) is 0 Å². The SMILES string of the molecule is CCOC(=O)N1CCN(C(=O)Cn2cnc3ccccc3c2=O)CC1. The van der Waals surface area contributed by atoms with E-state index in [1.54, 1.807) is 34.9 Å². The molecule has 0 N–H and O–H groups in total. The number of fused-ring (bicyclic) bond motifs is 1. The molecular formula is C17H20N4O4. The lowest BCUT2D eigenvalue weighted by atomic mass is 10.2. The second-order valence-corrected chi connectivity index (χ2v) is 5.76. The number of para-hydroxylation sites is 1. The van der Waals surface area contributed by atoms with E-state index in [2.05, 4.69) is 4.98 Å². The fraction of sp³-hybridized carbons (Fsp3) is 0.412. The van der Waals surface area contributed by atoms with Crippen molar-refractivity contribution in [3.8, 4) is 0 Å². The summed E-state index contributed by atoms with van der Waals surface area (Å²) in [6.07, 6.45) is 1.04. The van der Waals surface area contributed by atoms with Crippen LogP contribution in [0.5, 0.6) is 0 Å². The molecule has 0 spiro atoms. The van der Waals surface area contributed by atoms with Crippen molar-refractivity contribution in [3.05, 3.63) is 40.9 Å². The average Bonchev–Trinajstić information content (AvgIpc) is 2.64. The number of rotatable bonds is 3. The summed E-state index contributed by atoms with van der Waals surface area (Å²) in [5.41, 5.74) is 0.378. The molecule has 2 heterocycles. The molecule has 132 valence electrons. The van der Waals surface area contributed by atoms with Crippen LogP contribution in [0.25, 0.3) is 10.9 Å². The van der Waals surface area contributed by atoms with Crippen molar-refractivity contribution in [2.45, 2.75) is 13.5 Å². The van der Waals surface area contributed by atoms with Crippen LogP contribution < -0.4 is 5.56 Å². The van der Waals surface area contributed by atoms with Gasteiger partial charge in [0.25, 0.3) is 5.56 Å². The van der Waals surface area contributed by atoms with Gasteiger partial charge in [0.05, 0.1) is 23.8 Å². The normalized spacial score (nSPS) is 14.6. The molecule has 0 unspecified atom stereocenters. The zero-order valence-electron chi connectivity index (χ0n) is 14.1. The molecule has 8 heteroatoms. The molecule has 2 aromatic rings. The van der Waals surface area contributed by atoms with Gasteiger partial charge in [-0.3, -0.25) is 14.2 Å². The summed E-state index contributed by atoms with van der Waals surface area (Å²) in [4.78, 5) is 44.0. The molecule has 2 amide bonds. The maximum absolute atomic E-state index is 12.5. The zero-order valence-corrected chi connectivity index (χ0v) is 14.1. The smallest absolute Gasteiger partial charge is 0.409 e. The molecule has 1 aliphatic heterocycles. The van der Waals surface area contributed by atoms with Crippen LogP contribution in [0.1, 0.15) is 6.92 Å². The number of carbonyl (C=O) groups is 2. The maximum atomic E-state index is 12.5. The van der Waals surface area contributed by atoms with Gasteiger partial charge in [-0.15, -0.1) is 0 Å². The van der Waals surface area contributed by atoms with E-state index in [4.69, 9.17) is 4.74 Å². The summed E-state index contributed by atoms with van der Waals surface area (Å²) >= 11 is 0. The van der Waals surface area contributed by atoms with Crippen LogP contribution >= 0.6 is 0 Å². The molecule has 0 atom stereocenters. The van der Waals surface area contributed by atoms with Crippen molar-refractivity contribution in [1.29, 1.82) is 0 Å². The van der Waals surface area contributed by atoms with Gasteiger partial charge >= 0.3 is 6.09 Å². The van der Waals surface area contributed by atoms with Gasteiger partial charge in [0, 0.05) is 26.2 Å². The molecule has 1 aromatic carbocycles. The van der Waals surface area contributed by atoms with Crippen molar-refractivity contribution in [2.75, 3.05) is 32.8 Å². The third-order valence-electron chi connectivity index (χ3n) is 4.20. The molecule has 0 radical (unpaired) electrons. The molecule has 3 rings (SSSR count). The van der Waals surface area contributed by atoms with Gasteiger partial charge in [-0.05, 0) is 19.1 Å². The van der Waals surface area contributed by atoms with E-state index in [0.29, 0.717) is 43.7 Å². The highest BCUT2D eigenvalue weighted by Gasteiger charge is 2.25. The first-order valence-corrected chi connectivity index (χ1v) is 8.24. The van der Waals surface area contributed by atoms with Crippen molar-refractivity contribution >= 4 is 22.9 Å². The Morgan fingerprint density at radius 2 is 1.80 bits per heavy atom. The number of nitrogens with zero attached hydrogens (tertiary/aromatic N) is 4. The summed E-state index contributed by atoms with van der Waals surface area (Å²) in [6, 6.07) is 7.04. The van der Waals surface area contributed by atoms with Gasteiger partial charge in [0.15, 0.2) is 0 Å². The molecule has 0 aliphatic carbocycles. The monoisotopic (exact) mass is 344 g/mol. The van der Waals surface area contributed by atoms with E-state index in [9.17, 15) is 14.4 Å². The minimum atomic E-state index is -0.357. The predicted molar refractivity (Wildman–Crippen MR) is 91.2 cm³/mol. The van der Waals surface area contributed by atoms with E-state index >= 15 is 0 Å². The number of ether oxygens (including phenoxy) is 1. The highest BCUT2D eigenvalue weighted by molar-refractivity contribution is 5.79. The van der Waals surface area contributed by atoms with Gasteiger partial charge in [0.2, 0.25) is 5.91 Å². The van der Waals surface area contributed by atoms with Crippen molar-refractivity contribution in [2.24, 2.45) is 0 Å². The summed E-state index contributed by atoms with van der Waals surface area (Å²) in [5, 5.41) is 0.491. The van der Waals surface area contributed by atoms with Crippen LogP contribution in [-0.4, -0.2) is 64.1 Å². The Balaban J connectivity index is 1.65. The predicted octanol–water partition coefficient (Wildman–Crippen LogP) is 0.697. The number of carbonyl (C=O) groups excluding carboxylic acids is 2. The van der Waals surface area contributed by atoms with Crippen molar-refractivity contribution < 1.29 is 14.3 Å². The molecule has 8 nitrogen and oxygen atoms in total. The fourth-order valence-corrected chi connectivity index (χ4v) is 2.82. The molecule has 1 aromatic heterocycles. The Bertz CT molecular complexity index is 840. The van der Waals surface area contributed by atoms with Gasteiger partial charge in [-0.25, -0.2) is 9.78 Å². The molecule has 1 fully saturated rings. The Morgan fingerprint density at radius 1 is 1.12 bits per heavy atom. The summed E-state index contributed by atoms with van der Waals surface area (Å²) in [5.74, 6) is -0.164. The van der Waals surface area contributed by atoms with Gasteiger partial charge in [-0.1, -0.05) is 12.1 Å². The Kier molecular flexibility index (Phi) is 4.97. The molecule has 25 heavy (non-hydrogen) atoms. The molecule has 0 bridgehead atoms. The van der Waals surface area contributed by atoms with E-state index in [-0.39, 0.29) is 24.1 Å². The van der Waals surface area contributed by atoms with Gasteiger partial charge in [0.1, 0.15) is 6.54 Å². The largest absolute Gasteiger partial charge is 0.450 e. The Morgan fingerprint density at radius 3 is 2.52 bits per heavy atom. The van der Waals surface area contributed by atoms with Crippen LogP contribution in [0.4, 0.5) is 4.79 Å². The Labute approximate surface area is 144 Å². The Hall–Kier alpha value is -2.90. The number of piperazine rings is 1. The first kappa shape index (κ1) is 16.9. The summed E-state index contributed by atoms with van der Waals surface area (Å²) < 4.78 is 6.28. The third-order valence-corrected chi connectivity index (χ3v) is 4.20. The highest BCUT2D eigenvalue weighted by atomic mass is 16.6. The zero-order chi connectivity index (χ0) is 17.8. The minimum Gasteiger partial charge on any atom is -0.450 e. The summed E-state index contributed by atoms with van der Waals surface area (Å²) in [7, 11) is 0.